The van der Waals surface area contributed by atoms with Crippen molar-refractivity contribution in [2.24, 2.45) is 11.3 Å². The molecule has 1 fully saturated rings. The molecule has 1 aromatic rings. The summed E-state index contributed by atoms with van der Waals surface area (Å²) in [5, 5.41) is 14.0. The topological polar surface area (TPSA) is 93.2 Å². The molecule has 0 heterocycles. The maximum Gasteiger partial charge on any atom is 0.273 e. The number of hydrogen-bond acceptors (Lipinski definition) is 5. The number of rotatable bonds is 5. The van der Waals surface area contributed by atoms with Crippen LogP contribution in [0.25, 0.3) is 0 Å². The number of hydrogen-bond donors (Lipinski definition) is 3. The Kier molecular flexibility index (Phi) is 2.89. The van der Waals surface area contributed by atoms with E-state index < -0.39 is 4.92 Å². The van der Waals surface area contributed by atoms with E-state index in [4.69, 9.17) is 5.84 Å². The molecule has 0 saturated heterocycles. The lowest BCUT2D eigenvalue weighted by Gasteiger charge is -2.12. The molecule has 1 aliphatic rings. The van der Waals surface area contributed by atoms with E-state index in [1.165, 1.54) is 25.0 Å². The van der Waals surface area contributed by atoms with E-state index >= 15 is 0 Å². The van der Waals surface area contributed by atoms with Crippen molar-refractivity contribution in [3.63, 3.8) is 0 Å². The summed E-state index contributed by atoms with van der Waals surface area (Å²) in [6.45, 7) is 3.03. The number of nitrogen functional groups attached to an aromatic ring is 1. The van der Waals surface area contributed by atoms with E-state index in [9.17, 15) is 10.1 Å². The molecule has 6 heteroatoms. The lowest BCUT2D eigenvalue weighted by atomic mass is 10.1. The van der Waals surface area contributed by atoms with Gasteiger partial charge < -0.3 is 10.7 Å². The third-order valence-electron chi connectivity index (χ3n) is 3.12. The number of nitrogens with one attached hydrogen (secondary N) is 2. The van der Waals surface area contributed by atoms with Crippen LogP contribution in [0.2, 0.25) is 0 Å². The molecular weight excluding hydrogens is 220 g/mol. The number of nitrogens with two attached hydrogens (primary N) is 1. The fourth-order valence-corrected chi connectivity index (χ4v) is 1.61. The summed E-state index contributed by atoms with van der Waals surface area (Å²) < 4.78 is 0. The number of anilines is 2. The average Bonchev–Trinajstić information content (AvgIpc) is 3.05. The van der Waals surface area contributed by atoms with Crippen LogP contribution in [0.15, 0.2) is 18.2 Å². The van der Waals surface area contributed by atoms with Crippen LogP contribution < -0.4 is 16.6 Å². The zero-order valence-electron chi connectivity index (χ0n) is 9.69. The molecule has 17 heavy (non-hydrogen) atoms. The fourth-order valence-electron chi connectivity index (χ4n) is 1.61. The number of benzene rings is 1. The van der Waals surface area contributed by atoms with Gasteiger partial charge in [-0.15, -0.1) is 0 Å². The van der Waals surface area contributed by atoms with Crippen LogP contribution in [-0.2, 0) is 0 Å². The summed E-state index contributed by atoms with van der Waals surface area (Å²) >= 11 is 0. The highest BCUT2D eigenvalue weighted by atomic mass is 16.6. The van der Waals surface area contributed by atoms with Gasteiger partial charge in [-0.2, -0.15) is 0 Å². The number of nitro groups is 1. The Morgan fingerprint density at radius 2 is 2.06 bits per heavy atom. The normalized spacial score (nSPS) is 16.4. The smallest absolute Gasteiger partial charge is 0.273 e. The van der Waals surface area contributed by atoms with E-state index in [0.717, 1.165) is 12.2 Å². The van der Waals surface area contributed by atoms with E-state index in [2.05, 4.69) is 17.7 Å². The highest BCUT2D eigenvalue weighted by Crippen LogP contribution is 2.44. The van der Waals surface area contributed by atoms with Gasteiger partial charge in [0, 0.05) is 24.4 Å². The third-order valence-corrected chi connectivity index (χ3v) is 3.12. The van der Waals surface area contributed by atoms with Crippen LogP contribution in [0.4, 0.5) is 17.1 Å². The largest absolute Gasteiger partial charge is 0.384 e. The SMILES string of the molecule is CC1(CNc2cc(NN)cc([N+](=O)[O-])c2)CC1. The lowest BCUT2D eigenvalue weighted by molar-refractivity contribution is -0.384. The van der Waals surface area contributed by atoms with Crippen molar-refractivity contribution in [3.8, 4) is 0 Å². The Labute approximate surface area is 99.3 Å². The van der Waals surface area contributed by atoms with Gasteiger partial charge in [0.05, 0.1) is 10.6 Å². The van der Waals surface area contributed by atoms with Gasteiger partial charge >= 0.3 is 0 Å². The Bertz CT molecular complexity index is 443. The molecular formula is C11H16N4O2. The molecule has 0 aliphatic heterocycles. The van der Waals surface area contributed by atoms with Gasteiger partial charge in [-0.05, 0) is 24.3 Å². The molecule has 0 amide bonds. The minimum absolute atomic E-state index is 0.0314. The minimum atomic E-state index is -0.426. The molecule has 2 rings (SSSR count). The second kappa shape index (κ2) is 4.21. The molecule has 0 atom stereocenters. The number of non-ortho nitro benzene ring substituents is 1. The average molecular weight is 236 g/mol. The lowest BCUT2D eigenvalue weighted by Crippen LogP contribution is -2.13. The predicted molar refractivity (Wildman–Crippen MR) is 66.7 cm³/mol. The number of nitrogens with zero attached hydrogens (tertiary/aromatic N) is 1. The summed E-state index contributed by atoms with van der Waals surface area (Å²) in [5.41, 5.74) is 4.06. The molecule has 0 aromatic heterocycles. The van der Waals surface area contributed by atoms with Crippen LogP contribution in [0.3, 0.4) is 0 Å². The van der Waals surface area contributed by atoms with E-state index in [0.29, 0.717) is 11.1 Å². The molecule has 0 radical (unpaired) electrons. The molecule has 1 aliphatic carbocycles. The van der Waals surface area contributed by atoms with E-state index in [-0.39, 0.29) is 5.69 Å². The van der Waals surface area contributed by atoms with E-state index in [1.54, 1.807) is 6.07 Å². The number of nitro benzene ring substituents is 1. The molecule has 6 nitrogen and oxygen atoms in total. The molecule has 4 N–H and O–H groups in total. The molecule has 1 saturated carbocycles. The first-order chi connectivity index (χ1) is 8.02. The highest BCUT2D eigenvalue weighted by Gasteiger charge is 2.36. The van der Waals surface area contributed by atoms with Crippen molar-refractivity contribution < 1.29 is 4.92 Å². The maximum atomic E-state index is 10.7. The Morgan fingerprint density at radius 1 is 1.41 bits per heavy atom. The van der Waals surface area contributed by atoms with E-state index in [1.807, 2.05) is 0 Å². The Hall–Kier alpha value is -1.82. The second-order valence-corrected chi connectivity index (χ2v) is 4.83. The zero-order chi connectivity index (χ0) is 12.5. The summed E-state index contributed by atoms with van der Waals surface area (Å²) in [4.78, 5) is 10.3. The van der Waals surface area contributed by atoms with Crippen molar-refractivity contribution in [2.45, 2.75) is 19.8 Å². The van der Waals surface area contributed by atoms with Crippen molar-refractivity contribution in [2.75, 3.05) is 17.3 Å². The molecule has 92 valence electrons. The van der Waals surface area contributed by atoms with Gasteiger partial charge in [0.2, 0.25) is 0 Å². The summed E-state index contributed by atoms with van der Waals surface area (Å²) in [6, 6.07) is 4.69. The van der Waals surface area contributed by atoms with Gasteiger partial charge in [0.25, 0.3) is 5.69 Å². The second-order valence-electron chi connectivity index (χ2n) is 4.83. The monoisotopic (exact) mass is 236 g/mol. The zero-order valence-corrected chi connectivity index (χ0v) is 9.69. The first-order valence-corrected chi connectivity index (χ1v) is 5.52. The van der Waals surface area contributed by atoms with Gasteiger partial charge in [-0.1, -0.05) is 6.92 Å². The van der Waals surface area contributed by atoms with Gasteiger partial charge in [-0.25, -0.2) is 0 Å². The molecule has 0 spiro atoms. The standard InChI is InChI=1S/C11H16N4O2/c1-11(2-3-11)7-13-8-4-9(14-12)6-10(5-8)15(16)17/h4-6,13-14H,2-3,7,12H2,1H3. The predicted octanol–water partition coefficient (Wildman–Crippen LogP) is 2.09. The van der Waals surface area contributed by atoms with Crippen LogP contribution in [0.5, 0.6) is 0 Å². The minimum Gasteiger partial charge on any atom is -0.384 e. The van der Waals surface area contributed by atoms with Crippen molar-refractivity contribution in [1.29, 1.82) is 0 Å². The quantitative estimate of drug-likeness (QED) is 0.413. The van der Waals surface area contributed by atoms with Crippen molar-refractivity contribution in [3.05, 3.63) is 28.3 Å². The first-order valence-electron chi connectivity index (χ1n) is 5.52. The van der Waals surface area contributed by atoms with Gasteiger partial charge in [-0.3, -0.25) is 16.0 Å². The molecule has 0 unspecified atom stereocenters. The van der Waals surface area contributed by atoms with Crippen LogP contribution >= 0.6 is 0 Å². The van der Waals surface area contributed by atoms with Crippen LogP contribution in [-0.4, -0.2) is 11.5 Å². The first kappa shape index (κ1) is 11.7. The Balaban J connectivity index is 2.14. The fraction of sp³-hybridized carbons (Fsp3) is 0.455. The Morgan fingerprint density at radius 3 is 2.59 bits per heavy atom. The molecule has 0 bridgehead atoms. The summed E-state index contributed by atoms with van der Waals surface area (Å²) in [6.07, 6.45) is 2.41. The van der Waals surface area contributed by atoms with Gasteiger partial charge in [0.1, 0.15) is 0 Å². The van der Waals surface area contributed by atoms with Crippen molar-refractivity contribution in [1.82, 2.24) is 0 Å². The maximum absolute atomic E-state index is 10.7. The van der Waals surface area contributed by atoms with Crippen LogP contribution in [0, 0.1) is 15.5 Å². The number of hydrazine groups is 1. The molecule has 1 aromatic carbocycles. The summed E-state index contributed by atoms with van der Waals surface area (Å²) in [7, 11) is 0. The summed E-state index contributed by atoms with van der Waals surface area (Å²) in [5.74, 6) is 5.28. The van der Waals surface area contributed by atoms with Gasteiger partial charge in [0.15, 0.2) is 0 Å². The third kappa shape index (κ3) is 2.85. The van der Waals surface area contributed by atoms with Crippen molar-refractivity contribution >= 4 is 17.1 Å². The van der Waals surface area contributed by atoms with Crippen LogP contribution in [0.1, 0.15) is 19.8 Å². The highest BCUT2D eigenvalue weighted by molar-refractivity contribution is 5.63.